The lowest BCUT2D eigenvalue weighted by Crippen LogP contribution is -2.22. The summed E-state index contributed by atoms with van der Waals surface area (Å²) in [6.45, 7) is 1.74. The molecule has 1 atom stereocenters. The van der Waals surface area contributed by atoms with Gasteiger partial charge in [-0.05, 0) is 55.5 Å². The predicted molar refractivity (Wildman–Crippen MR) is 127 cm³/mol. The quantitative estimate of drug-likeness (QED) is 0.398. The number of halogens is 1. The van der Waals surface area contributed by atoms with E-state index < -0.39 is 15.3 Å². The van der Waals surface area contributed by atoms with Gasteiger partial charge in [0.2, 0.25) is 15.9 Å². The molecule has 3 aromatic carbocycles. The van der Waals surface area contributed by atoms with Gasteiger partial charge in [-0.1, -0.05) is 36.0 Å². The summed E-state index contributed by atoms with van der Waals surface area (Å²) < 4.78 is 36.1. The largest absolute Gasteiger partial charge is 0.325 e. The molecule has 0 fully saturated rings. The molecule has 3 N–H and O–H groups in total. The third kappa shape index (κ3) is 5.19. The van der Waals surface area contributed by atoms with Gasteiger partial charge in [0.15, 0.2) is 0 Å². The number of carbonyl (C=O) groups is 1. The van der Waals surface area contributed by atoms with Gasteiger partial charge in [0.1, 0.15) is 16.5 Å². The summed E-state index contributed by atoms with van der Waals surface area (Å²) in [7, 11) is -3.80. The van der Waals surface area contributed by atoms with Gasteiger partial charge in [-0.25, -0.2) is 17.9 Å². The Labute approximate surface area is 194 Å². The molecule has 0 aliphatic heterocycles. The standard InChI is InChI=1S/C23H19FN4O3S2/c1-14(22(29)26-17-10-12-18(13-11-17)33(25,30)31)32-23-20-5-3-2-4-19(20)21(27-28-23)15-6-8-16(24)9-7-15/h2-14H,1H3,(H,26,29)(H2,25,30,31). The van der Waals surface area contributed by atoms with Crippen molar-refractivity contribution in [3.8, 4) is 11.3 Å². The summed E-state index contributed by atoms with van der Waals surface area (Å²) in [5, 5.41) is 18.3. The topological polar surface area (TPSA) is 115 Å². The van der Waals surface area contributed by atoms with E-state index in [0.717, 1.165) is 16.3 Å². The van der Waals surface area contributed by atoms with Crippen molar-refractivity contribution in [3.63, 3.8) is 0 Å². The zero-order chi connectivity index (χ0) is 23.6. The molecule has 0 aliphatic rings. The van der Waals surface area contributed by atoms with E-state index in [9.17, 15) is 17.6 Å². The van der Waals surface area contributed by atoms with E-state index in [1.54, 1.807) is 19.1 Å². The van der Waals surface area contributed by atoms with Gasteiger partial charge in [-0.3, -0.25) is 4.79 Å². The highest BCUT2D eigenvalue weighted by atomic mass is 32.2. The van der Waals surface area contributed by atoms with Crippen LogP contribution in [0.5, 0.6) is 0 Å². The minimum Gasteiger partial charge on any atom is -0.325 e. The second kappa shape index (κ2) is 9.26. The van der Waals surface area contributed by atoms with Crippen LogP contribution in [0, 0.1) is 5.82 Å². The molecule has 0 spiro atoms. The number of amides is 1. The Hall–Kier alpha value is -3.34. The first-order valence-electron chi connectivity index (χ1n) is 9.84. The number of primary sulfonamides is 1. The first kappa shape index (κ1) is 22.8. The number of sulfonamides is 1. The highest BCUT2D eigenvalue weighted by molar-refractivity contribution is 8.00. The summed E-state index contributed by atoms with van der Waals surface area (Å²) in [6, 6.07) is 19.2. The van der Waals surface area contributed by atoms with Crippen molar-refractivity contribution in [1.29, 1.82) is 0 Å². The predicted octanol–water partition coefficient (Wildman–Crippen LogP) is 4.20. The fourth-order valence-corrected chi connectivity index (χ4v) is 4.59. The lowest BCUT2D eigenvalue weighted by Gasteiger charge is -2.14. The Morgan fingerprint density at radius 3 is 2.24 bits per heavy atom. The lowest BCUT2D eigenvalue weighted by atomic mass is 10.1. The third-order valence-electron chi connectivity index (χ3n) is 4.88. The number of thioether (sulfide) groups is 1. The van der Waals surface area contributed by atoms with Gasteiger partial charge >= 0.3 is 0 Å². The van der Waals surface area contributed by atoms with Gasteiger partial charge in [-0.2, -0.15) is 0 Å². The number of benzene rings is 3. The fraction of sp³-hybridized carbons (Fsp3) is 0.0870. The molecule has 1 heterocycles. The second-order valence-corrected chi connectivity index (χ2v) is 10.1. The number of hydrogen-bond acceptors (Lipinski definition) is 6. The van der Waals surface area contributed by atoms with Gasteiger partial charge in [-0.15, -0.1) is 10.2 Å². The number of carbonyl (C=O) groups excluding carboxylic acids is 1. The highest BCUT2D eigenvalue weighted by Gasteiger charge is 2.19. The Balaban J connectivity index is 1.55. The third-order valence-corrected chi connectivity index (χ3v) is 6.90. The minimum atomic E-state index is -3.80. The molecule has 0 aliphatic carbocycles. The number of nitrogens with zero attached hydrogens (tertiary/aromatic N) is 2. The molecule has 0 saturated heterocycles. The van der Waals surface area contributed by atoms with Crippen LogP contribution in [0.1, 0.15) is 6.92 Å². The van der Waals surface area contributed by atoms with Crippen molar-refractivity contribution < 1.29 is 17.6 Å². The molecule has 1 amide bonds. The smallest absolute Gasteiger partial charge is 0.238 e. The van der Waals surface area contributed by atoms with Gasteiger partial charge in [0.25, 0.3) is 0 Å². The van der Waals surface area contributed by atoms with Crippen molar-refractivity contribution in [1.82, 2.24) is 10.2 Å². The van der Waals surface area contributed by atoms with Gasteiger partial charge in [0, 0.05) is 22.0 Å². The monoisotopic (exact) mass is 482 g/mol. The van der Waals surface area contributed by atoms with Crippen LogP contribution in [0.3, 0.4) is 0 Å². The molecule has 0 bridgehead atoms. The van der Waals surface area contributed by atoms with Crippen molar-refractivity contribution in [3.05, 3.63) is 78.6 Å². The van der Waals surface area contributed by atoms with Crippen LogP contribution in [-0.4, -0.2) is 29.8 Å². The van der Waals surface area contributed by atoms with E-state index >= 15 is 0 Å². The molecule has 0 radical (unpaired) electrons. The molecule has 7 nitrogen and oxygen atoms in total. The summed E-state index contributed by atoms with van der Waals surface area (Å²) in [4.78, 5) is 12.7. The Morgan fingerprint density at radius 2 is 1.61 bits per heavy atom. The SMILES string of the molecule is CC(Sc1nnc(-c2ccc(F)cc2)c2ccccc12)C(=O)Nc1ccc(S(N)(=O)=O)cc1. The highest BCUT2D eigenvalue weighted by Crippen LogP contribution is 2.33. The number of fused-ring (bicyclic) bond motifs is 1. The summed E-state index contributed by atoms with van der Waals surface area (Å²) in [6.07, 6.45) is 0. The summed E-state index contributed by atoms with van der Waals surface area (Å²) >= 11 is 1.25. The maximum atomic E-state index is 13.3. The van der Waals surface area contributed by atoms with Crippen molar-refractivity contribution >= 4 is 44.2 Å². The van der Waals surface area contributed by atoms with Crippen molar-refractivity contribution in [2.24, 2.45) is 5.14 Å². The zero-order valence-corrected chi connectivity index (χ0v) is 19.0. The Bertz CT molecular complexity index is 1430. The zero-order valence-electron chi connectivity index (χ0n) is 17.4. The van der Waals surface area contributed by atoms with E-state index in [2.05, 4.69) is 15.5 Å². The summed E-state index contributed by atoms with van der Waals surface area (Å²) in [5.74, 6) is -0.612. The fourth-order valence-electron chi connectivity index (χ4n) is 3.18. The van der Waals surface area contributed by atoms with Crippen LogP contribution in [0.2, 0.25) is 0 Å². The Kier molecular flexibility index (Phi) is 6.41. The first-order valence-corrected chi connectivity index (χ1v) is 12.3. The van der Waals surface area contributed by atoms with E-state index in [4.69, 9.17) is 5.14 Å². The maximum Gasteiger partial charge on any atom is 0.238 e. The number of nitrogens with one attached hydrogen (secondary N) is 1. The van der Waals surface area contributed by atoms with Crippen molar-refractivity contribution in [2.45, 2.75) is 22.1 Å². The molecule has 168 valence electrons. The molecule has 1 aromatic heterocycles. The van der Waals surface area contributed by atoms with Crippen LogP contribution in [-0.2, 0) is 14.8 Å². The molecular formula is C23H19FN4O3S2. The molecule has 4 rings (SSSR count). The molecule has 0 saturated carbocycles. The van der Waals surface area contributed by atoms with Crippen LogP contribution in [0.25, 0.3) is 22.0 Å². The van der Waals surface area contributed by atoms with Crippen LogP contribution in [0.4, 0.5) is 10.1 Å². The molecule has 10 heteroatoms. The average molecular weight is 483 g/mol. The number of hydrogen-bond donors (Lipinski definition) is 2. The van der Waals surface area contributed by atoms with E-state index in [1.165, 1.54) is 48.2 Å². The molecule has 33 heavy (non-hydrogen) atoms. The minimum absolute atomic E-state index is 0.0362. The van der Waals surface area contributed by atoms with Crippen LogP contribution < -0.4 is 10.5 Å². The maximum absolute atomic E-state index is 13.3. The van der Waals surface area contributed by atoms with Crippen molar-refractivity contribution in [2.75, 3.05) is 5.32 Å². The Morgan fingerprint density at radius 1 is 0.970 bits per heavy atom. The van der Waals surface area contributed by atoms with Gasteiger partial charge < -0.3 is 5.32 Å². The number of anilines is 1. The molecule has 1 unspecified atom stereocenters. The first-order chi connectivity index (χ1) is 15.7. The van der Waals surface area contributed by atoms with Crippen LogP contribution in [0.15, 0.2) is 82.7 Å². The molecular weight excluding hydrogens is 463 g/mol. The average Bonchev–Trinajstić information content (AvgIpc) is 2.80. The van der Waals surface area contributed by atoms with E-state index in [1.807, 2.05) is 24.3 Å². The molecule has 4 aromatic rings. The number of nitrogens with two attached hydrogens (primary N) is 1. The number of rotatable bonds is 6. The van der Waals surface area contributed by atoms with E-state index in [-0.39, 0.29) is 16.6 Å². The van der Waals surface area contributed by atoms with E-state index in [0.29, 0.717) is 16.4 Å². The number of aromatic nitrogens is 2. The van der Waals surface area contributed by atoms with Crippen LogP contribution >= 0.6 is 11.8 Å². The van der Waals surface area contributed by atoms with Gasteiger partial charge in [0.05, 0.1) is 10.1 Å². The lowest BCUT2D eigenvalue weighted by molar-refractivity contribution is -0.115. The summed E-state index contributed by atoms with van der Waals surface area (Å²) in [5.41, 5.74) is 1.81. The normalized spacial score (nSPS) is 12.5. The second-order valence-electron chi connectivity index (χ2n) is 7.22.